The quantitative estimate of drug-likeness (QED) is 0.883. The molecule has 0 amide bonds. The molecule has 2 rings (SSSR count). The molecule has 2 N–H and O–H groups in total. The molecule has 5 nitrogen and oxygen atoms in total. The van der Waals surface area contributed by atoms with E-state index in [4.69, 9.17) is 10.5 Å². The van der Waals surface area contributed by atoms with Crippen molar-refractivity contribution in [2.75, 3.05) is 20.2 Å². The van der Waals surface area contributed by atoms with Gasteiger partial charge in [0.25, 0.3) is 0 Å². The topological polar surface area (TPSA) is 72.6 Å². The van der Waals surface area contributed by atoms with E-state index in [0.717, 1.165) is 12.8 Å². The van der Waals surface area contributed by atoms with Gasteiger partial charge >= 0.3 is 0 Å². The maximum atomic E-state index is 13.7. The van der Waals surface area contributed by atoms with Gasteiger partial charge < -0.3 is 10.5 Å². The Morgan fingerprint density at radius 1 is 1.50 bits per heavy atom. The van der Waals surface area contributed by atoms with Gasteiger partial charge in [0, 0.05) is 32.3 Å². The largest absolute Gasteiger partial charge is 0.377 e. The number of ether oxygens (including phenoxy) is 1. The van der Waals surface area contributed by atoms with Crippen LogP contribution in [0.3, 0.4) is 0 Å². The number of nitrogens with two attached hydrogens (primary N) is 1. The zero-order chi connectivity index (χ0) is 14.8. The molecule has 1 saturated heterocycles. The maximum absolute atomic E-state index is 13.7. The first-order chi connectivity index (χ1) is 9.46. The molecule has 1 unspecified atom stereocenters. The van der Waals surface area contributed by atoms with E-state index in [2.05, 4.69) is 0 Å². The van der Waals surface area contributed by atoms with Crippen LogP contribution in [-0.4, -0.2) is 39.0 Å². The minimum Gasteiger partial charge on any atom is -0.377 e. The van der Waals surface area contributed by atoms with Crippen molar-refractivity contribution >= 4 is 10.0 Å². The summed E-state index contributed by atoms with van der Waals surface area (Å²) < 4.78 is 45.3. The molecule has 20 heavy (non-hydrogen) atoms. The van der Waals surface area contributed by atoms with E-state index in [-0.39, 0.29) is 29.7 Å². The van der Waals surface area contributed by atoms with Gasteiger partial charge in [0.15, 0.2) is 0 Å². The molecule has 0 radical (unpaired) electrons. The number of hydrogen-bond donors (Lipinski definition) is 1. The molecule has 0 saturated carbocycles. The second-order valence-corrected chi connectivity index (χ2v) is 6.85. The van der Waals surface area contributed by atoms with Gasteiger partial charge in [-0.25, -0.2) is 12.8 Å². The minimum absolute atomic E-state index is 0.0201. The molecule has 1 aliphatic rings. The summed E-state index contributed by atoms with van der Waals surface area (Å²) >= 11 is 0. The van der Waals surface area contributed by atoms with E-state index in [9.17, 15) is 12.8 Å². The van der Waals surface area contributed by atoms with Crippen LogP contribution in [-0.2, 0) is 21.3 Å². The van der Waals surface area contributed by atoms with Crippen LogP contribution in [0, 0.1) is 5.82 Å². The number of sulfonamides is 1. The highest BCUT2D eigenvalue weighted by molar-refractivity contribution is 7.89. The lowest BCUT2D eigenvalue weighted by atomic mass is 10.2. The molecule has 0 spiro atoms. The average molecular weight is 302 g/mol. The summed E-state index contributed by atoms with van der Waals surface area (Å²) in [5, 5.41) is 0. The lowest BCUT2D eigenvalue weighted by Gasteiger charge is -2.21. The van der Waals surface area contributed by atoms with Crippen molar-refractivity contribution < 1.29 is 17.5 Å². The van der Waals surface area contributed by atoms with Crippen molar-refractivity contribution in [3.8, 4) is 0 Å². The SMILES string of the molecule is CN(CC1CCCO1)S(=O)(=O)c1cccc(F)c1CN. The Morgan fingerprint density at radius 3 is 2.85 bits per heavy atom. The Labute approximate surface area is 118 Å². The van der Waals surface area contributed by atoms with E-state index in [1.165, 1.54) is 29.6 Å². The van der Waals surface area contributed by atoms with Crippen molar-refractivity contribution in [1.29, 1.82) is 0 Å². The van der Waals surface area contributed by atoms with E-state index in [1.54, 1.807) is 0 Å². The lowest BCUT2D eigenvalue weighted by Crippen LogP contribution is -2.34. The van der Waals surface area contributed by atoms with Crippen LogP contribution in [0.1, 0.15) is 18.4 Å². The van der Waals surface area contributed by atoms with Crippen LogP contribution in [0.2, 0.25) is 0 Å². The van der Waals surface area contributed by atoms with Crippen LogP contribution in [0.25, 0.3) is 0 Å². The van der Waals surface area contributed by atoms with Crippen LogP contribution >= 0.6 is 0 Å². The number of likely N-dealkylation sites (N-methyl/N-ethyl adjacent to an activating group) is 1. The molecule has 0 aromatic heterocycles. The third-order valence-electron chi connectivity index (χ3n) is 3.45. The Bertz CT molecular complexity index is 571. The van der Waals surface area contributed by atoms with Crippen LogP contribution < -0.4 is 5.73 Å². The molecular formula is C13H19FN2O3S. The van der Waals surface area contributed by atoms with Crippen LogP contribution in [0.5, 0.6) is 0 Å². The number of hydrogen-bond acceptors (Lipinski definition) is 4. The summed E-state index contributed by atoms with van der Waals surface area (Å²) in [5.74, 6) is -0.598. The molecule has 0 bridgehead atoms. The van der Waals surface area contributed by atoms with Crippen molar-refractivity contribution in [3.05, 3.63) is 29.6 Å². The summed E-state index contributed by atoms with van der Waals surface area (Å²) in [6.45, 7) is 0.768. The maximum Gasteiger partial charge on any atom is 0.243 e. The normalized spacial score (nSPS) is 19.7. The summed E-state index contributed by atoms with van der Waals surface area (Å²) in [6, 6.07) is 3.97. The fraction of sp³-hybridized carbons (Fsp3) is 0.538. The van der Waals surface area contributed by atoms with Gasteiger partial charge in [-0.15, -0.1) is 0 Å². The fourth-order valence-electron chi connectivity index (χ4n) is 2.32. The predicted octanol–water partition coefficient (Wildman–Crippen LogP) is 1.08. The highest BCUT2D eigenvalue weighted by Gasteiger charge is 2.28. The zero-order valence-corrected chi connectivity index (χ0v) is 12.2. The smallest absolute Gasteiger partial charge is 0.243 e. The number of rotatable bonds is 5. The first kappa shape index (κ1) is 15.4. The Balaban J connectivity index is 2.27. The highest BCUT2D eigenvalue weighted by atomic mass is 32.2. The van der Waals surface area contributed by atoms with Gasteiger partial charge in [0.05, 0.1) is 11.0 Å². The Morgan fingerprint density at radius 2 is 2.25 bits per heavy atom. The van der Waals surface area contributed by atoms with Crippen molar-refractivity contribution in [2.24, 2.45) is 5.73 Å². The lowest BCUT2D eigenvalue weighted by molar-refractivity contribution is 0.0979. The van der Waals surface area contributed by atoms with Crippen molar-refractivity contribution in [3.63, 3.8) is 0 Å². The monoisotopic (exact) mass is 302 g/mol. The number of nitrogens with zero attached hydrogens (tertiary/aromatic N) is 1. The molecular weight excluding hydrogens is 283 g/mol. The molecule has 1 aliphatic heterocycles. The third kappa shape index (κ3) is 3.01. The van der Waals surface area contributed by atoms with Gasteiger partial charge in [0.1, 0.15) is 5.82 Å². The van der Waals surface area contributed by atoms with Crippen LogP contribution in [0.15, 0.2) is 23.1 Å². The zero-order valence-electron chi connectivity index (χ0n) is 11.4. The summed E-state index contributed by atoms with van der Waals surface area (Å²) in [4.78, 5) is -0.0690. The van der Waals surface area contributed by atoms with Gasteiger partial charge in [-0.3, -0.25) is 0 Å². The van der Waals surface area contributed by atoms with Gasteiger partial charge in [-0.2, -0.15) is 4.31 Å². The van der Waals surface area contributed by atoms with E-state index >= 15 is 0 Å². The summed E-state index contributed by atoms with van der Waals surface area (Å²) in [7, 11) is -2.28. The second-order valence-electron chi connectivity index (χ2n) is 4.84. The predicted molar refractivity (Wildman–Crippen MR) is 73.1 cm³/mol. The molecule has 0 aliphatic carbocycles. The van der Waals surface area contributed by atoms with Crippen molar-refractivity contribution in [1.82, 2.24) is 4.31 Å². The molecule has 112 valence electrons. The average Bonchev–Trinajstić information content (AvgIpc) is 2.91. The molecule has 1 atom stereocenters. The van der Waals surface area contributed by atoms with E-state index in [1.807, 2.05) is 0 Å². The highest BCUT2D eigenvalue weighted by Crippen LogP contribution is 2.23. The fourth-order valence-corrected chi connectivity index (χ4v) is 3.76. The summed E-state index contributed by atoms with van der Waals surface area (Å²) in [5.41, 5.74) is 5.48. The standard InChI is InChI=1S/C13H19FN2O3S/c1-16(9-10-4-3-7-19-10)20(17,18)13-6-2-5-12(14)11(13)8-15/h2,5-6,10H,3-4,7-9,15H2,1H3. The second kappa shape index (κ2) is 6.17. The van der Waals surface area contributed by atoms with Gasteiger partial charge in [0.2, 0.25) is 10.0 Å². The molecule has 1 heterocycles. The molecule has 1 aromatic carbocycles. The number of halogens is 1. The van der Waals surface area contributed by atoms with Crippen molar-refractivity contribution in [2.45, 2.75) is 30.4 Å². The van der Waals surface area contributed by atoms with Crippen LogP contribution in [0.4, 0.5) is 4.39 Å². The Hall–Kier alpha value is -1.02. The minimum atomic E-state index is -3.76. The van der Waals surface area contributed by atoms with Gasteiger partial charge in [-0.1, -0.05) is 6.07 Å². The molecule has 1 aromatic rings. The summed E-state index contributed by atoms with van der Waals surface area (Å²) in [6.07, 6.45) is 1.68. The molecule has 7 heteroatoms. The molecule has 1 fully saturated rings. The Kier molecular flexibility index (Phi) is 4.74. The van der Waals surface area contributed by atoms with Gasteiger partial charge in [-0.05, 0) is 25.0 Å². The first-order valence-electron chi connectivity index (χ1n) is 6.52. The third-order valence-corrected chi connectivity index (χ3v) is 5.36. The van der Waals surface area contributed by atoms with E-state index < -0.39 is 15.8 Å². The first-order valence-corrected chi connectivity index (χ1v) is 7.96. The van der Waals surface area contributed by atoms with E-state index in [0.29, 0.717) is 6.61 Å². The number of benzene rings is 1.